The highest BCUT2D eigenvalue weighted by Gasteiger charge is 2.29. The summed E-state index contributed by atoms with van der Waals surface area (Å²) in [7, 11) is 0. The number of nitrogens with one attached hydrogen (secondary N) is 2. The van der Waals surface area contributed by atoms with Gasteiger partial charge < -0.3 is 16.0 Å². The Bertz CT molecular complexity index is 1310. The molecule has 0 saturated heterocycles. The van der Waals surface area contributed by atoms with Crippen molar-refractivity contribution in [2.45, 2.75) is 38.5 Å². The molecule has 0 aliphatic carbocycles. The van der Waals surface area contributed by atoms with Crippen LogP contribution in [-0.4, -0.2) is 32.3 Å². The molecule has 2 aromatic carbocycles. The molecule has 7 nitrogen and oxygen atoms in total. The normalized spacial score (nSPS) is 13.1. The smallest absolute Gasteiger partial charge is 0.359 e. The molecule has 0 fully saturated rings. The first-order valence-electron chi connectivity index (χ1n) is 10.4. The number of fused-ring (bicyclic) bond motifs is 1. The van der Waals surface area contributed by atoms with Crippen LogP contribution in [0.4, 0.5) is 18.3 Å². The topological polar surface area (TPSA) is 102 Å². The first-order chi connectivity index (χ1) is 15.6. The fourth-order valence-corrected chi connectivity index (χ4v) is 4.35. The number of aromatic nitrogens is 4. The lowest BCUT2D eigenvalue weighted by molar-refractivity contribution is -0.137. The van der Waals surface area contributed by atoms with Crippen molar-refractivity contribution < 1.29 is 13.2 Å². The monoisotopic (exact) mass is 476 g/mol. The number of anilines is 1. The Labute approximate surface area is 191 Å². The van der Waals surface area contributed by atoms with E-state index in [1.54, 1.807) is 4.57 Å². The number of nitrogens with zero attached hydrogens (tertiary/aromatic N) is 3. The molecule has 0 radical (unpaired) electrons. The highest BCUT2D eigenvalue weighted by Crippen LogP contribution is 2.30. The lowest BCUT2D eigenvalue weighted by Gasteiger charge is -2.13. The van der Waals surface area contributed by atoms with Gasteiger partial charge >= 0.3 is 11.9 Å². The molecule has 0 saturated carbocycles. The molecule has 2 aromatic heterocycles. The zero-order valence-electron chi connectivity index (χ0n) is 18.0. The summed E-state index contributed by atoms with van der Waals surface area (Å²) in [6.07, 6.45) is -3.93. The van der Waals surface area contributed by atoms with E-state index in [4.69, 9.17) is 5.73 Å². The van der Waals surface area contributed by atoms with Crippen molar-refractivity contribution in [3.05, 3.63) is 64.1 Å². The van der Waals surface area contributed by atoms with Crippen LogP contribution in [0.2, 0.25) is 0 Å². The van der Waals surface area contributed by atoms with Crippen LogP contribution < -0.4 is 16.7 Å². The Morgan fingerprint density at radius 2 is 1.88 bits per heavy atom. The summed E-state index contributed by atoms with van der Waals surface area (Å²) in [5.74, 6) is 0. The number of hydrogen-bond donors (Lipinski definition) is 3. The molecule has 0 bridgehead atoms. The molecule has 2 heterocycles. The predicted octanol–water partition coefficient (Wildman–Crippen LogP) is 4.43. The molecular formula is C22H23F3N6OS. The van der Waals surface area contributed by atoms with Crippen molar-refractivity contribution in [3.63, 3.8) is 0 Å². The molecule has 0 aliphatic heterocycles. The Kier molecular flexibility index (Phi) is 6.26. The van der Waals surface area contributed by atoms with Crippen molar-refractivity contribution in [3.8, 4) is 10.6 Å². The maximum atomic E-state index is 12.7. The van der Waals surface area contributed by atoms with E-state index in [9.17, 15) is 18.0 Å². The lowest BCUT2D eigenvalue weighted by atomic mass is 10.0. The first kappa shape index (κ1) is 23.0. The molecule has 4 rings (SSSR count). The molecule has 0 aliphatic rings. The Balaban J connectivity index is 1.41. The largest absolute Gasteiger partial charge is 0.416 e. The highest BCUT2D eigenvalue weighted by molar-refractivity contribution is 7.18. The third-order valence-electron chi connectivity index (χ3n) is 5.20. The number of H-pyrrole nitrogens is 1. The van der Waals surface area contributed by atoms with E-state index in [0.717, 1.165) is 34.3 Å². The SMILES string of the molecule is CC(C)n1c(=O)[nH]c2ccc(-c3nnc(NCC(N)Cc4ccc(C(F)(F)F)cc4)s3)cc21. The number of nitrogens with two attached hydrogens (primary N) is 1. The highest BCUT2D eigenvalue weighted by atomic mass is 32.1. The molecule has 0 spiro atoms. The molecule has 4 aromatic rings. The minimum atomic E-state index is -4.35. The summed E-state index contributed by atoms with van der Waals surface area (Å²) in [4.78, 5) is 15.0. The van der Waals surface area contributed by atoms with Crippen LogP contribution in [0.25, 0.3) is 21.6 Å². The minimum absolute atomic E-state index is 0.0132. The van der Waals surface area contributed by atoms with Crippen molar-refractivity contribution >= 4 is 27.5 Å². The van der Waals surface area contributed by atoms with Crippen molar-refractivity contribution in [1.82, 2.24) is 19.7 Å². The van der Waals surface area contributed by atoms with Gasteiger partial charge in [-0.3, -0.25) is 4.57 Å². The molecule has 4 N–H and O–H groups in total. The van der Waals surface area contributed by atoms with Gasteiger partial charge in [-0.25, -0.2) is 4.79 Å². The van der Waals surface area contributed by atoms with Crippen LogP contribution in [0.1, 0.15) is 31.0 Å². The van der Waals surface area contributed by atoms with E-state index in [-0.39, 0.29) is 17.8 Å². The first-order valence-corrected chi connectivity index (χ1v) is 11.2. The van der Waals surface area contributed by atoms with E-state index >= 15 is 0 Å². The standard InChI is InChI=1S/C22H23F3N6OS/c1-12(2)31-18-10-14(5-8-17(18)28-21(31)32)19-29-30-20(33-19)27-11-16(26)9-13-3-6-15(7-4-13)22(23,24)25/h3-8,10,12,16H,9,11,26H2,1-2H3,(H,27,30)(H,28,32). The van der Waals surface area contributed by atoms with E-state index in [2.05, 4.69) is 20.5 Å². The fraction of sp³-hybridized carbons (Fsp3) is 0.318. The van der Waals surface area contributed by atoms with Gasteiger partial charge in [0.1, 0.15) is 5.01 Å². The van der Waals surface area contributed by atoms with Crippen molar-refractivity contribution in [1.29, 1.82) is 0 Å². The number of benzene rings is 2. The molecule has 174 valence electrons. The molecule has 1 atom stereocenters. The summed E-state index contributed by atoms with van der Waals surface area (Å²) >= 11 is 1.36. The Morgan fingerprint density at radius 3 is 2.55 bits per heavy atom. The summed E-state index contributed by atoms with van der Waals surface area (Å²) in [6, 6.07) is 10.3. The van der Waals surface area contributed by atoms with Crippen LogP contribution >= 0.6 is 11.3 Å². The zero-order valence-corrected chi connectivity index (χ0v) is 18.8. The maximum Gasteiger partial charge on any atom is 0.416 e. The number of halogens is 3. The number of rotatable bonds is 7. The molecule has 0 amide bonds. The van der Waals surface area contributed by atoms with Gasteiger partial charge in [0.15, 0.2) is 0 Å². The third-order valence-corrected chi connectivity index (χ3v) is 6.13. The Hall–Kier alpha value is -3.18. The maximum absolute atomic E-state index is 12.7. The second-order valence-corrected chi connectivity index (χ2v) is 9.06. The Morgan fingerprint density at radius 1 is 1.15 bits per heavy atom. The second kappa shape index (κ2) is 8.99. The average molecular weight is 477 g/mol. The van der Waals surface area contributed by atoms with Crippen LogP contribution in [-0.2, 0) is 12.6 Å². The summed E-state index contributed by atoms with van der Waals surface area (Å²) in [6.45, 7) is 4.28. The zero-order chi connectivity index (χ0) is 23.8. The van der Waals surface area contributed by atoms with Crippen molar-refractivity contribution in [2.24, 2.45) is 5.73 Å². The number of hydrogen-bond acceptors (Lipinski definition) is 6. The third kappa shape index (κ3) is 5.09. The number of alkyl halides is 3. The number of imidazole rings is 1. The van der Waals surface area contributed by atoms with Crippen LogP contribution in [0, 0.1) is 0 Å². The quantitative estimate of drug-likeness (QED) is 0.366. The van der Waals surface area contributed by atoms with Gasteiger partial charge in [0.05, 0.1) is 16.6 Å². The van der Waals surface area contributed by atoms with Gasteiger partial charge in [-0.15, -0.1) is 10.2 Å². The van der Waals surface area contributed by atoms with E-state index in [0.29, 0.717) is 23.1 Å². The number of aromatic amines is 1. The second-order valence-electron chi connectivity index (χ2n) is 8.08. The fourth-order valence-electron chi connectivity index (χ4n) is 3.60. The van der Waals surface area contributed by atoms with Crippen LogP contribution in [0.5, 0.6) is 0 Å². The van der Waals surface area contributed by atoms with E-state index in [1.807, 2.05) is 32.0 Å². The van der Waals surface area contributed by atoms with Gasteiger partial charge in [-0.2, -0.15) is 13.2 Å². The summed E-state index contributed by atoms with van der Waals surface area (Å²) in [5.41, 5.74) is 8.44. The predicted molar refractivity (Wildman–Crippen MR) is 123 cm³/mol. The van der Waals surface area contributed by atoms with E-state index in [1.165, 1.54) is 23.5 Å². The minimum Gasteiger partial charge on any atom is -0.359 e. The van der Waals surface area contributed by atoms with Crippen LogP contribution in [0.3, 0.4) is 0 Å². The van der Waals surface area contributed by atoms with Crippen molar-refractivity contribution in [2.75, 3.05) is 11.9 Å². The molecular weight excluding hydrogens is 453 g/mol. The van der Waals surface area contributed by atoms with E-state index < -0.39 is 11.7 Å². The van der Waals surface area contributed by atoms with Gasteiger partial charge in [-0.1, -0.05) is 23.5 Å². The van der Waals surface area contributed by atoms with Crippen LogP contribution in [0.15, 0.2) is 47.3 Å². The van der Waals surface area contributed by atoms with Gasteiger partial charge in [0.25, 0.3) is 0 Å². The van der Waals surface area contributed by atoms with Gasteiger partial charge in [0.2, 0.25) is 5.13 Å². The lowest BCUT2D eigenvalue weighted by Crippen LogP contribution is -2.31. The summed E-state index contributed by atoms with van der Waals surface area (Å²) in [5, 5.41) is 12.8. The molecule has 33 heavy (non-hydrogen) atoms. The average Bonchev–Trinajstić information content (AvgIpc) is 3.35. The summed E-state index contributed by atoms with van der Waals surface area (Å²) < 4.78 is 39.7. The molecule has 1 unspecified atom stereocenters. The van der Waals surface area contributed by atoms with Gasteiger partial charge in [0, 0.05) is 24.2 Å². The molecule has 11 heteroatoms. The van der Waals surface area contributed by atoms with Gasteiger partial charge in [-0.05, 0) is 56.2 Å².